The van der Waals surface area contributed by atoms with E-state index in [9.17, 15) is 4.79 Å². The van der Waals surface area contributed by atoms with Crippen LogP contribution in [0, 0.1) is 0 Å². The maximum atomic E-state index is 12.6. The van der Waals surface area contributed by atoms with Crippen LogP contribution in [-0.4, -0.2) is 19.5 Å². The molecule has 1 N–H and O–H groups in total. The van der Waals surface area contributed by atoms with E-state index in [0.717, 1.165) is 24.2 Å². The molecule has 1 heterocycles. The number of benzene rings is 2. The number of nitrogens with one attached hydrogen (secondary N) is 1. The van der Waals surface area contributed by atoms with E-state index in [1.165, 1.54) is 5.56 Å². The van der Waals surface area contributed by atoms with Crippen LogP contribution in [0.4, 0.5) is 5.69 Å². The van der Waals surface area contributed by atoms with Gasteiger partial charge in [0.05, 0.1) is 6.42 Å². The monoisotopic (exact) mass is 280 g/mol. The van der Waals surface area contributed by atoms with Gasteiger partial charge in [0.1, 0.15) is 0 Å². The fourth-order valence-electron chi connectivity index (χ4n) is 2.99. The maximum absolute atomic E-state index is 12.6. The first kappa shape index (κ1) is 13.8. The summed E-state index contributed by atoms with van der Waals surface area (Å²) >= 11 is 0. The molecule has 0 spiro atoms. The molecular formula is C18H20N2O. The second kappa shape index (κ2) is 6.10. The summed E-state index contributed by atoms with van der Waals surface area (Å²) in [6.07, 6.45) is 1.41. The second-order valence-electron chi connectivity index (χ2n) is 5.40. The van der Waals surface area contributed by atoms with Gasteiger partial charge in [-0.05, 0) is 30.7 Å². The van der Waals surface area contributed by atoms with Gasteiger partial charge in [-0.25, -0.2) is 0 Å². The normalized spacial score (nSPS) is 17.4. The molecule has 3 heteroatoms. The van der Waals surface area contributed by atoms with E-state index in [2.05, 4.69) is 11.4 Å². The zero-order valence-electron chi connectivity index (χ0n) is 12.3. The van der Waals surface area contributed by atoms with Gasteiger partial charge in [-0.1, -0.05) is 48.5 Å². The SMILES string of the molecule is CNC1CCN(C(=O)Cc2ccccc2)c2ccccc21. The van der Waals surface area contributed by atoms with Crippen molar-refractivity contribution in [2.45, 2.75) is 18.9 Å². The van der Waals surface area contributed by atoms with Gasteiger partial charge < -0.3 is 10.2 Å². The minimum Gasteiger partial charge on any atom is -0.313 e. The Balaban J connectivity index is 1.84. The Morgan fingerprint density at radius 1 is 1.14 bits per heavy atom. The Labute approximate surface area is 125 Å². The summed E-state index contributed by atoms with van der Waals surface area (Å²) in [5, 5.41) is 3.33. The summed E-state index contributed by atoms with van der Waals surface area (Å²) in [5.41, 5.74) is 3.33. The quantitative estimate of drug-likeness (QED) is 0.937. The van der Waals surface area contributed by atoms with Crippen LogP contribution in [0.3, 0.4) is 0 Å². The van der Waals surface area contributed by atoms with Crippen molar-refractivity contribution >= 4 is 11.6 Å². The molecule has 0 aliphatic carbocycles. The molecule has 1 atom stereocenters. The highest BCUT2D eigenvalue weighted by molar-refractivity contribution is 5.96. The number of nitrogens with zero attached hydrogens (tertiary/aromatic N) is 1. The van der Waals surface area contributed by atoms with Crippen LogP contribution in [0.2, 0.25) is 0 Å². The van der Waals surface area contributed by atoms with E-state index in [1.807, 2.05) is 60.5 Å². The zero-order valence-corrected chi connectivity index (χ0v) is 12.3. The third-order valence-corrected chi connectivity index (χ3v) is 4.09. The Hall–Kier alpha value is -2.13. The fraction of sp³-hybridized carbons (Fsp3) is 0.278. The van der Waals surface area contributed by atoms with Crippen LogP contribution in [0.25, 0.3) is 0 Å². The average Bonchev–Trinajstić information content (AvgIpc) is 2.54. The summed E-state index contributed by atoms with van der Waals surface area (Å²) in [6.45, 7) is 0.772. The van der Waals surface area contributed by atoms with Gasteiger partial charge in [0.2, 0.25) is 5.91 Å². The molecule has 2 aromatic rings. The molecule has 0 saturated heterocycles. The number of fused-ring (bicyclic) bond motifs is 1. The van der Waals surface area contributed by atoms with E-state index in [1.54, 1.807) is 0 Å². The van der Waals surface area contributed by atoms with Crippen molar-refractivity contribution in [3.8, 4) is 0 Å². The topological polar surface area (TPSA) is 32.3 Å². The lowest BCUT2D eigenvalue weighted by atomic mass is 9.96. The molecule has 1 aliphatic rings. The minimum absolute atomic E-state index is 0.170. The van der Waals surface area contributed by atoms with Gasteiger partial charge in [-0.15, -0.1) is 0 Å². The predicted octanol–water partition coefficient (Wildman–Crippen LogP) is 2.93. The highest BCUT2D eigenvalue weighted by atomic mass is 16.2. The number of anilines is 1. The molecule has 21 heavy (non-hydrogen) atoms. The van der Waals surface area contributed by atoms with Gasteiger partial charge in [0.25, 0.3) is 0 Å². The van der Waals surface area contributed by atoms with E-state index < -0.39 is 0 Å². The van der Waals surface area contributed by atoms with Crippen LogP contribution in [-0.2, 0) is 11.2 Å². The van der Waals surface area contributed by atoms with Gasteiger partial charge in [0.15, 0.2) is 0 Å². The molecule has 108 valence electrons. The fourth-order valence-corrected chi connectivity index (χ4v) is 2.99. The molecule has 0 fully saturated rings. The highest BCUT2D eigenvalue weighted by Crippen LogP contribution is 2.33. The molecule has 0 bridgehead atoms. The number of amides is 1. The van der Waals surface area contributed by atoms with Crippen molar-refractivity contribution < 1.29 is 4.79 Å². The van der Waals surface area contributed by atoms with Gasteiger partial charge in [-0.3, -0.25) is 4.79 Å². The predicted molar refractivity (Wildman–Crippen MR) is 85.4 cm³/mol. The molecule has 1 aliphatic heterocycles. The number of hydrogen-bond donors (Lipinski definition) is 1. The summed E-state index contributed by atoms with van der Waals surface area (Å²) in [4.78, 5) is 14.6. The molecule has 0 aromatic heterocycles. The van der Waals surface area contributed by atoms with E-state index in [4.69, 9.17) is 0 Å². The van der Waals surface area contributed by atoms with Crippen LogP contribution >= 0.6 is 0 Å². The van der Waals surface area contributed by atoms with Crippen LogP contribution in [0.1, 0.15) is 23.6 Å². The Morgan fingerprint density at radius 3 is 2.62 bits per heavy atom. The summed E-state index contributed by atoms with van der Waals surface area (Å²) in [7, 11) is 1.98. The smallest absolute Gasteiger partial charge is 0.231 e. The van der Waals surface area contributed by atoms with Crippen molar-refractivity contribution in [1.82, 2.24) is 5.32 Å². The molecular weight excluding hydrogens is 260 g/mol. The van der Waals surface area contributed by atoms with Gasteiger partial charge >= 0.3 is 0 Å². The Morgan fingerprint density at radius 2 is 1.86 bits per heavy atom. The standard InChI is InChI=1S/C18H20N2O/c1-19-16-11-12-20(17-10-6-5-9-15(16)17)18(21)13-14-7-3-2-4-8-14/h2-10,16,19H,11-13H2,1H3. The molecule has 3 rings (SSSR count). The maximum Gasteiger partial charge on any atom is 0.231 e. The van der Waals surface area contributed by atoms with Crippen LogP contribution < -0.4 is 10.2 Å². The van der Waals surface area contributed by atoms with Crippen LogP contribution in [0.15, 0.2) is 54.6 Å². The Bertz CT molecular complexity index is 624. The first-order valence-corrected chi connectivity index (χ1v) is 7.40. The van der Waals surface area contributed by atoms with Crippen molar-refractivity contribution in [2.75, 3.05) is 18.5 Å². The largest absolute Gasteiger partial charge is 0.313 e. The van der Waals surface area contributed by atoms with Crippen molar-refractivity contribution in [3.05, 3.63) is 65.7 Å². The summed E-state index contributed by atoms with van der Waals surface area (Å²) < 4.78 is 0. The highest BCUT2D eigenvalue weighted by Gasteiger charge is 2.27. The molecule has 0 saturated carbocycles. The lowest BCUT2D eigenvalue weighted by Gasteiger charge is -2.34. The molecule has 2 aromatic carbocycles. The molecule has 0 radical (unpaired) electrons. The minimum atomic E-state index is 0.170. The Kier molecular flexibility index (Phi) is 4.02. The molecule has 1 unspecified atom stereocenters. The van der Waals surface area contributed by atoms with E-state index in [-0.39, 0.29) is 5.91 Å². The molecule has 3 nitrogen and oxygen atoms in total. The second-order valence-corrected chi connectivity index (χ2v) is 5.40. The third kappa shape index (κ3) is 2.83. The van der Waals surface area contributed by atoms with Crippen molar-refractivity contribution in [1.29, 1.82) is 0 Å². The summed E-state index contributed by atoms with van der Waals surface area (Å²) in [6, 6.07) is 18.5. The number of carbonyl (C=O) groups is 1. The number of rotatable bonds is 3. The van der Waals surface area contributed by atoms with Gasteiger partial charge in [0, 0.05) is 18.3 Å². The number of hydrogen-bond acceptors (Lipinski definition) is 2. The first-order chi connectivity index (χ1) is 10.3. The van der Waals surface area contributed by atoms with Crippen molar-refractivity contribution in [2.24, 2.45) is 0 Å². The van der Waals surface area contributed by atoms with Crippen molar-refractivity contribution in [3.63, 3.8) is 0 Å². The average molecular weight is 280 g/mol. The first-order valence-electron chi connectivity index (χ1n) is 7.40. The number of para-hydroxylation sites is 1. The molecule has 1 amide bonds. The lowest BCUT2D eigenvalue weighted by molar-refractivity contribution is -0.118. The van der Waals surface area contributed by atoms with E-state index >= 15 is 0 Å². The summed E-state index contributed by atoms with van der Waals surface area (Å²) in [5.74, 6) is 0.170. The van der Waals surface area contributed by atoms with Crippen LogP contribution in [0.5, 0.6) is 0 Å². The van der Waals surface area contributed by atoms with E-state index in [0.29, 0.717) is 12.5 Å². The number of carbonyl (C=O) groups excluding carboxylic acids is 1. The third-order valence-electron chi connectivity index (χ3n) is 4.09. The van der Waals surface area contributed by atoms with Gasteiger partial charge in [-0.2, -0.15) is 0 Å². The lowest BCUT2D eigenvalue weighted by Crippen LogP contribution is -2.39. The zero-order chi connectivity index (χ0) is 14.7.